The summed E-state index contributed by atoms with van der Waals surface area (Å²) >= 11 is 0. The first-order chi connectivity index (χ1) is 7.27. The maximum absolute atomic E-state index is 12.7. The third kappa shape index (κ3) is 2.45. The minimum atomic E-state index is -0.462. The van der Waals surface area contributed by atoms with Crippen molar-refractivity contribution >= 4 is 0 Å². The fourth-order valence-corrected chi connectivity index (χ4v) is 2.04. The highest BCUT2D eigenvalue weighted by Crippen LogP contribution is 2.31. The van der Waals surface area contributed by atoms with Crippen molar-refractivity contribution in [1.82, 2.24) is 0 Å². The zero-order chi connectivity index (χ0) is 10.7. The highest BCUT2D eigenvalue weighted by atomic mass is 19.1. The lowest BCUT2D eigenvalue weighted by Crippen LogP contribution is -2.13. The molecule has 80 valence electrons. The van der Waals surface area contributed by atoms with Crippen LogP contribution in [0.3, 0.4) is 0 Å². The molecule has 1 aliphatic carbocycles. The first kappa shape index (κ1) is 10.4. The molecule has 0 radical (unpaired) electrons. The molecule has 0 saturated heterocycles. The van der Waals surface area contributed by atoms with E-state index in [0.717, 1.165) is 24.8 Å². The van der Waals surface area contributed by atoms with Crippen LogP contribution in [0.2, 0.25) is 0 Å². The number of allylic oxidation sites excluding steroid dienone is 2. The number of rotatable bonds is 2. The number of hydrogen-bond acceptors (Lipinski definition) is 1. The Bertz CT molecular complexity index is 342. The van der Waals surface area contributed by atoms with E-state index in [2.05, 4.69) is 12.2 Å². The third-order valence-corrected chi connectivity index (χ3v) is 2.97. The number of halogens is 1. The average Bonchev–Trinajstić information content (AvgIpc) is 2.30. The number of benzene rings is 1. The second-order valence-corrected chi connectivity index (χ2v) is 4.04. The highest BCUT2D eigenvalue weighted by molar-refractivity contribution is 5.19. The molecule has 1 aromatic rings. The summed E-state index contributed by atoms with van der Waals surface area (Å²) in [6.45, 7) is 0. The molecule has 1 aromatic carbocycles. The predicted molar refractivity (Wildman–Crippen MR) is 57.8 cm³/mol. The lowest BCUT2D eigenvalue weighted by atomic mass is 9.86. The molecule has 0 fully saturated rings. The van der Waals surface area contributed by atoms with Gasteiger partial charge in [-0.3, -0.25) is 0 Å². The summed E-state index contributed by atoms with van der Waals surface area (Å²) in [5.74, 6) is 0.0231. The minimum Gasteiger partial charge on any atom is -0.388 e. The van der Waals surface area contributed by atoms with E-state index in [-0.39, 0.29) is 11.7 Å². The standard InChI is InChI=1S/C13H15FO/c14-12-8-6-11(7-9-12)13(15)10-4-2-1-3-5-10/h1-2,6-10,13,15H,3-5H2. The first-order valence-corrected chi connectivity index (χ1v) is 5.36. The van der Waals surface area contributed by atoms with Gasteiger partial charge in [-0.25, -0.2) is 4.39 Å². The summed E-state index contributed by atoms with van der Waals surface area (Å²) in [6.07, 6.45) is 6.75. The Labute approximate surface area is 89.3 Å². The van der Waals surface area contributed by atoms with Crippen LogP contribution in [0.1, 0.15) is 30.9 Å². The highest BCUT2D eigenvalue weighted by Gasteiger charge is 2.20. The zero-order valence-electron chi connectivity index (χ0n) is 8.57. The summed E-state index contributed by atoms with van der Waals surface area (Å²) in [5.41, 5.74) is 0.816. The molecule has 2 unspecified atom stereocenters. The van der Waals surface area contributed by atoms with Crippen molar-refractivity contribution in [1.29, 1.82) is 0 Å². The SMILES string of the molecule is OC(c1ccc(F)cc1)C1CC=CCC1. The van der Waals surface area contributed by atoms with Crippen molar-refractivity contribution < 1.29 is 9.50 Å². The van der Waals surface area contributed by atoms with Crippen LogP contribution >= 0.6 is 0 Å². The first-order valence-electron chi connectivity index (χ1n) is 5.36. The van der Waals surface area contributed by atoms with Gasteiger partial charge in [-0.15, -0.1) is 0 Å². The van der Waals surface area contributed by atoms with E-state index in [1.807, 2.05) is 0 Å². The van der Waals surface area contributed by atoms with Crippen LogP contribution < -0.4 is 0 Å². The maximum atomic E-state index is 12.7. The van der Waals surface area contributed by atoms with E-state index < -0.39 is 6.10 Å². The Hall–Kier alpha value is -1.15. The number of aliphatic hydroxyl groups is 1. The van der Waals surface area contributed by atoms with E-state index in [9.17, 15) is 9.50 Å². The largest absolute Gasteiger partial charge is 0.388 e. The lowest BCUT2D eigenvalue weighted by molar-refractivity contribution is 0.102. The van der Waals surface area contributed by atoms with E-state index in [1.165, 1.54) is 12.1 Å². The molecule has 1 aliphatic rings. The molecule has 15 heavy (non-hydrogen) atoms. The quantitative estimate of drug-likeness (QED) is 0.737. The molecule has 0 spiro atoms. The Morgan fingerprint density at radius 2 is 1.93 bits per heavy atom. The lowest BCUT2D eigenvalue weighted by Gasteiger charge is -2.23. The van der Waals surface area contributed by atoms with Gasteiger partial charge < -0.3 is 5.11 Å². The monoisotopic (exact) mass is 206 g/mol. The van der Waals surface area contributed by atoms with E-state index in [1.54, 1.807) is 12.1 Å². The van der Waals surface area contributed by atoms with Gasteiger partial charge in [-0.1, -0.05) is 24.3 Å². The molecule has 2 heteroatoms. The van der Waals surface area contributed by atoms with Crippen molar-refractivity contribution in [3.63, 3.8) is 0 Å². The summed E-state index contributed by atoms with van der Waals surface area (Å²) in [4.78, 5) is 0. The zero-order valence-corrected chi connectivity index (χ0v) is 8.57. The molecule has 0 saturated carbocycles. The van der Waals surface area contributed by atoms with Gasteiger partial charge in [0.2, 0.25) is 0 Å². The Morgan fingerprint density at radius 1 is 1.20 bits per heavy atom. The molecule has 1 N–H and O–H groups in total. The van der Waals surface area contributed by atoms with Crippen molar-refractivity contribution in [2.24, 2.45) is 5.92 Å². The van der Waals surface area contributed by atoms with Crippen molar-refractivity contribution in [3.05, 3.63) is 47.8 Å². The van der Waals surface area contributed by atoms with Crippen molar-refractivity contribution in [2.75, 3.05) is 0 Å². The topological polar surface area (TPSA) is 20.2 Å². The average molecular weight is 206 g/mol. The van der Waals surface area contributed by atoms with Crippen molar-refractivity contribution in [3.8, 4) is 0 Å². The smallest absolute Gasteiger partial charge is 0.123 e. The van der Waals surface area contributed by atoms with Gasteiger partial charge >= 0.3 is 0 Å². The Balaban J connectivity index is 2.09. The molecule has 2 atom stereocenters. The molecule has 0 aliphatic heterocycles. The molecule has 1 nitrogen and oxygen atoms in total. The van der Waals surface area contributed by atoms with Gasteiger partial charge in [0, 0.05) is 0 Å². The molecule has 0 amide bonds. The van der Waals surface area contributed by atoms with Gasteiger partial charge in [0.15, 0.2) is 0 Å². The molecule has 2 rings (SSSR count). The van der Waals surface area contributed by atoms with Crippen LogP contribution in [0.5, 0.6) is 0 Å². The molecule has 0 aromatic heterocycles. The fourth-order valence-electron chi connectivity index (χ4n) is 2.04. The van der Waals surface area contributed by atoms with Crippen LogP contribution in [0, 0.1) is 11.7 Å². The van der Waals surface area contributed by atoms with E-state index in [4.69, 9.17) is 0 Å². The van der Waals surface area contributed by atoms with E-state index >= 15 is 0 Å². The molecular formula is C13H15FO. The van der Waals surface area contributed by atoms with Crippen LogP contribution in [-0.4, -0.2) is 5.11 Å². The normalized spacial score (nSPS) is 22.7. The summed E-state index contributed by atoms with van der Waals surface area (Å²) in [6, 6.07) is 6.13. The van der Waals surface area contributed by atoms with Gasteiger partial charge in [-0.2, -0.15) is 0 Å². The van der Waals surface area contributed by atoms with Crippen LogP contribution in [-0.2, 0) is 0 Å². The molecular weight excluding hydrogens is 191 g/mol. The summed E-state index contributed by atoms with van der Waals surface area (Å²) in [5, 5.41) is 10.1. The second kappa shape index (κ2) is 4.58. The fraction of sp³-hybridized carbons (Fsp3) is 0.385. The predicted octanol–water partition coefficient (Wildman–Crippen LogP) is 3.22. The second-order valence-electron chi connectivity index (χ2n) is 4.04. The Morgan fingerprint density at radius 3 is 2.53 bits per heavy atom. The van der Waals surface area contributed by atoms with Gasteiger partial charge in [0.05, 0.1) is 6.10 Å². The van der Waals surface area contributed by atoms with Gasteiger partial charge in [0.25, 0.3) is 0 Å². The maximum Gasteiger partial charge on any atom is 0.123 e. The van der Waals surface area contributed by atoms with Crippen LogP contribution in [0.25, 0.3) is 0 Å². The third-order valence-electron chi connectivity index (χ3n) is 2.97. The summed E-state index contributed by atoms with van der Waals surface area (Å²) in [7, 11) is 0. The van der Waals surface area contributed by atoms with Gasteiger partial charge in [0.1, 0.15) is 5.82 Å². The van der Waals surface area contributed by atoms with E-state index in [0.29, 0.717) is 0 Å². The van der Waals surface area contributed by atoms with Crippen LogP contribution in [0.15, 0.2) is 36.4 Å². The molecule has 0 heterocycles. The van der Waals surface area contributed by atoms with Gasteiger partial charge in [-0.05, 0) is 42.9 Å². The number of aliphatic hydroxyl groups excluding tert-OH is 1. The van der Waals surface area contributed by atoms with Crippen molar-refractivity contribution in [2.45, 2.75) is 25.4 Å². The number of hydrogen-bond donors (Lipinski definition) is 1. The minimum absolute atomic E-state index is 0.255. The van der Waals surface area contributed by atoms with Crippen LogP contribution in [0.4, 0.5) is 4.39 Å². The Kier molecular flexibility index (Phi) is 3.17. The molecule has 0 bridgehead atoms. The summed E-state index contributed by atoms with van der Waals surface area (Å²) < 4.78 is 12.7.